The molecule has 0 atom stereocenters. The monoisotopic (exact) mass is 249 g/mol. The Morgan fingerprint density at radius 1 is 1.47 bits per heavy atom. The summed E-state index contributed by atoms with van der Waals surface area (Å²) in [4.78, 5) is 7.30. The van der Waals surface area contributed by atoms with Gasteiger partial charge in [-0.2, -0.15) is 0 Å². The Labute approximate surface area is 105 Å². The SMILES string of the molecule is S=c1[nH]c2cnccc2n1CC1CCOCC1. The summed E-state index contributed by atoms with van der Waals surface area (Å²) >= 11 is 5.37. The van der Waals surface area contributed by atoms with E-state index in [2.05, 4.69) is 14.5 Å². The average Bonchev–Trinajstić information content (AvgIpc) is 2.68. The number of fused-ring (bicyclic) bond motifs is 1. The van der Waals surface area contributed by atoms with Gasteiger partial charge >= 0.3 is 0 Å². The fraction of sp³-hybridized carbons (Fsp3) is 0.500. The number of imidazole rings is 1. The van der Waals surface area contributed by atoms with Crippen LogP contribution in [0, 0.1) is 10.7 Å². The van der Waals surface area contributed by atoms with Gasteiger partial charge in [0.15, 0.2) is 4.77 Å². The first-order valence-electron chi connectivity index (χ1n) is 5.95. The van der Waals surface area contributed by atoms with Crippen LogP contribution in [0.25, 0.3) is 11.0 Å². The first kappa shape index (κ1) is 10.9. The molecule has 0 aromatic carbocycles. The van der Waals surface area contributed by atoms with Gasteiger partial charge in [-0.1, -0.05) is 0 Å². The molecule has 1 fully saturated rings. The quantitative estimate of drug-likeness (QED) is 0.832. The molecule has 0 bridgehead atoms. The summed E-state index contributed by atoms with van der Waals surface area (Å²) in [5, 5.41) is 0. The number of hydrogen-bond donors (Lipinski definition) is 1. The number of aromatic amines is 1. The lowest BCUT2D eigenvalue weighted by molar-refractivity contribution is 0.0615. The van der Waals surface area contributed by atoms with Crippen LogP contribution in [-0.4, -0.2) is 27.7 Å². The van der Waals surface area contributed by atoms with Gasteiger partial charge < -0.3 is 14.3 Å². The van der Waals surface area contributed by atoms with Crippen molar-refractivity contribution in [2.24, 2.45) is 5.92 Å². The van der Waals surface area contributed by atoms with Crippen LogP contribution in [-0.2, 0) is 11.3 Å². The van der Waals surface area contributed by atoms with Gasteiger partial charge in [0.1, 0.15) is 0 Å². The summed E-state index contributed by atoms with van der Waals surface area (Å²) in [5.41, 5.74) is 2.17. The van der Waals surface area contributed by atoms with Gasteiger partial charge in [0, 0.05) is 26.0 Å². The number of hydrogen-bond acceptors (Lipinski definition) is 3. The summed E-state index contributed by atoms with van der Waals surface area (Å²) in [6.07, 6.45) is 5.89. The van der Waals surface area contributed by atoms with Gasteiger partial charge in [0.05, 0.1) is 17.2 Å². The zero-order chi connectivity index (χ0) is 11.7. The average molecular weight is 249 g/mol. The van der Waals surface area contributed by atoms with Crippen molar-refractivity contribution in [3.05, 3.63) is 23.2 Å². The Bertz CT molecular complexity index is 568. The fourth-order valence-corrected chi connectivity index (χ4v) is 2.66. The fourth-order valence-electron chi connectivity index (χ4n) is 2.38. The number of aromatic nitrogens is 3. The highest BCUT2D eigenvalue weighted by Gasteiger charge is 2.16. The second-order valence-electron chi connectivity index (χ2n) is 4.49. The summed E-state index contributed by atoms with van der Waals surface area (Å²) in [7, 11) is 0. The molecule has 1 saturated heterocycles. The summed E-state index contributed by atoms with van der Waals surface area (Å²) in [6, 6.07) is 2.01. The van der Waals surface area contributed by atoms with Crippen LogP contribution in [0.4, 0.5) is 0 Å². The number of rotatable bonds is 2. The molecule has 0 amide bonds. The lowest BCUT2D eigenvalue weighted by Gasteiger charge is -2.22. The van der Waals surface area contributed by atoms with E-state index >= 15 is 0 Å². The van der Waals surface area contributed by atoms with E-state index < -0.39 is 0 Å². The van der Waals surface area contributed by atoms with Gasteiger partial charge in [0.25, 0.3) is 0 Å². The molecule has 0 aliphatic carbocycles. The Hall–Kier alpha value is -1.20. The maximum atomic E-state index is 5.38. The smallest absolute Gasteiger partial charge is 0.178 e. The minimum Gasteiger partial charge on any atom is -0.381 e. The number of H-pyrrole nitrogens is 1. The van der Waals surface area contributed by atoms with Crippen molar-refractivity contribution >= 4 is 23.3 Å². The molecule has 1 N–H and O–H groups in total. The molecule has 0 radical (unpaired) electrons. The van der Waals surface area contributed by atoms with Crippen LogP contribution in [0.1, 0.15) is 12.8 Å². The minimum absolute atomic E-state index is 0.669. The van der Waals surface area contributed by atoms with Crippen LogP contribution in [0.3, 0.4) is 0 Å². The van der Waals surface area contributed by atoms with Crippen molar-refractivity contribution in [2.45, 2.75) is 19.4 Å². The highest BCUT2D eigenvalue weighted by molar-refractivity contribution is 7.71. The summed E-state index contributed by atoms with van der Waals surface area (Å²) in [5.74, 6) is 0.669. The van der Waals surface area contributed by atoms with Gasteiger partial charge in [-0.05, 0) is 37.0 Å². The van der Waals surface area contributed by atoms with Crippen LogP contribution in [0.15, 0.2) is 18.5 Å². The van der Waals surface area contributed by atoms with Crippen LogP contribution in [0.2, 0.25) is 0 Å². The van der Waals surface area contributed by atoms with E-state index in [1.165, 1.54) is 0 Å². The standard InChI is InChI=1S/C12H15N3OS/c17-12-14-10-7-13-4-1-11(10)15(12)8-9-2-5-16-6-3-9/h1,4,7,9H,2-3,5-6,8H2,(H,14,17). The van der Waals surface area contributed by atoms with Crippen molar-refractivity contribution < 1.29 is 4.74 Å². The van der Waals surface area contributed by atoms with E-state index in [1.54, 1.807) is 0 Å². The number of nitrogens with zero attached hydrogens (tertiary/aromatic N) is 2. The molecule has 1 aliphatic rings. The molecule has 90 valence electrons. The Morgan fingerprint density at radius 2 is 2.29 bits per heavy atom. The molecule has 1 aliphatic heterocycles. The Balaban J connectivity index is 1.93. The van der Waals surface area contributed by atoms with Gasteiger partial charge in [-0.15, -0.1) is 0 Å². The van der Waals surface area contributed by atoms with Crippen LogP contribution >= 0.6 is 12.2 Å². The maximum absolute atomic E-state index is 5.38. The second kappa shape index (κ2) is 4.58. The molecular formula is C12H15N3OS. The Morgan fingerprint density at radius 3 is 3.12 bits per heavy atom. The van der Waals surface area contributed by atoms with Gasteiger partial charge in [-0.25, -0.2) is 0 Å². The first-order chi connectivity index (χ1) is 8.34. The van der Waals surface area contributed by atoms with Crippen molar-refractivity contribution in [1.29, 1.82) is 0 Å². The van der Waals surface area contributed by atoms with Gasteiger partial charge in [0.2, 0.25) is 0 Å². The lowest BCUT2D eigenvalue weighted by Crippen LogP contribution is -2.20. The largest absolute Gasteiger partial charge is 0.381 e. The molecular weight excluding hydrogens is 234 g/mol. The molecule has 2 aromatic rings. The molecule has 4 nitrogen and oxygen atoms in total. The molecule has 0 spiro atoms. The van der Waals surface area contributed by atoms with E-state index in [1.807, 2.05) is 18.5 Å². The van der Waals surface area contributed by atoms with Crippen LogP contribution < -0.4 is 0 Å². The molecule has 3 rings (SSSR count). The van der Waals surface area contributed by atoms with Crippen molar-refractivity contribution in [3.63, 3.8) is 0 Å². The summed E-state index contributed by atoms with van der Waals surface area (Å²) < 4.78 is 8.36. The molecule has 5 heteroatoms. The topological polar surface area (TPSA) is 42.8 Å². The minimum atomic E-state index is 0.669. The normalized spacial score (nSPS) is 17.6. The van der Waals surface area contributed by atoms with Crippen molar-refractivity contribution in [3.8, 4) is 0 Å². The predicted octanol–water partition coefficient (Wildman–Crippen LogP) is 2.52. The van der Waals surface area contributed by atoms with Crippen molar-refractivity contribution in [2.75, 3.05) is 13.2 Å². The molecule has 0 saturated carbocycles. The lowest BCUT2D eigenvalue weighted by atomic mass is 10.0. The molecule has 3 heterocycles. The van der Waals surface area contributed by atoms with E-state index in [0.29, 0.717) is 5.92 Å². The van der Waals surface area contributed by atoms with Crippen LogP contribution in [0.5, 0.6) is 0 Å². The molecule has 0 unspecified atom stereocenters. The highest BCUT2D eigenvalue weighted by Crippen LogP contribution is 2.20. The van der Waals surface area contributed by atoms with E-state index in [9.17, 15) is 0 Å². The maximum Gasteiger partial charge on any atom is 0.178 e. The molecule has 2 aromatic heterocycles. The van der Waals surface area contributed by atoms with E-state index in [0.717, 1.165) is 48.4 Å². The third kappa shape index (κ3) is 2.12. The van der Waals surface area contributed by atoms with Gasteiger partial charge in [-0.3, -0.25) is 4.98 Å². The number of pyridine rings is 1. The number of nitrogens with one attached hydrogen (secondary N) is 1. The predicted molar refractivity (Wildman–Crippen MR) is 68.5 cm³/mol. The summed E-state index contributed by atoms with van der Waals surface area (Å²) in [6.45, 7) is 2.73. The first-order valence-corrected chi connectivity index (χ1v) is 6.35. The molecule has 17 heavy (non-hydrogen) atoms. The third-order valence-corrected chi connectivity index (χ3v) is 3.68. The Kier molecular flexibility index (Phi) is 2.94. The second-order valence-corrected chi connectivity index (χ2v) is 4.88. The number of ether oxygens (including phenoxy) is 1. The van der Waals surface area contributed by atoms with E-state index in [-0.39, 0.29) is 0 Å². The highest BCUT2D eigenvalue weighted by atomic mass is 32.1. The third-order valence-electron chi connectivity index (χ3n) is 3.36. The van der Waals surface area contributed by atoms with Crippen molar-refractivity contribution in [1.82, 2.24) is 14.5 Å². The zero-order valence-corrected chi connectivity index (χ0v) is 10.4. The zero-order valence-electron chi connectivity index (χ0n) is 9.56. The van der Waals surface area contributed by atoms with E-state index in [4.69, 9.17) is 17.0 Å².